The first-order chi connectivity index (χ1) is 15.1. The maximum atomic E-state index is 12.7. The number of fused-ring (bicyclic) bond motifs is 3. The predicted molar refractivity (Wildman–Crippen MR) is 118 cm³/mol. The number of aryl methyl sites for hydroxylation is 1. The molecule has 1 amide bonds. The number of amides is 1. The van der Waals surface area contributed by atoms with Gasteiger partial charge in [-0.15, -0.1) is 0 Å². The molecule has 1 N–H and O–H groups in total. The quantitative estimate of drug-likeness (QED) is 0.775. The van der Waals surface area contributed by atoms with Crippen molar-refractivity contribution in [3.63, 3.8) is 0 Å². The summed E-state index contributed by atoms with van der Waals surface area (Å²) >= 11 is 0. The van der Waals surface area contributed by atoms with Gasteiger partial charge in [0, 0.05) is 24.7 Å². The minimum absolute atomic E-state index is 0.0394. The second-order valence-electron chi connectivity index (χ2n) is 9.03. The lowest BCUT2D eigenvalue weighted by atomic mass is 9.96. The van der Waals surface area contributed by atoms with E-state index in [2.05, 4.69) is 41.4 Å². The summed E-state index contributed by atoms with van der Waals surface area (Å²) < 4.78 is 17.7. The van der Waals surface area contributed by atoms with Gasteiger partial charge in [-0.1, -0.05) is 29.8 Å². The fourth-order valence-electron chi connectivity index (χ4n) is 4.76. The predicted octanol–water partition coefficient (Wildman–Crippen LogP) is 3.18. The number of benzene rings is 2. The van der Waals surface area contributed by atoms with Crippen LogP contribution in [0.2, 0.25) is 0 Å². The molecule has 2 fully saturated rings. The number of ether oxygens (including phenoxy) is 3. The highest BCUT2D eigenvalue weighted by molar-refractivity contribution is 5.95. The summed E-state index contributed by atoms with van der Waals surface area (Å²) in [6.07, 6.45) is 2.17. The first-order valence-corrected chi connectivity index (χ1v) is 11.2. The Balaban J connectivity index is 1.13. The molecule has 164 valence electrons. The van der Waals surface area contributed by atoms with Gasteiger partial charge < -0.3 is 24.4 Å². The molecule has 0 aliphatic carbocycles. The van der Waals surface area contributed by atoms with Crippen LogP contribution in [0.3, 0.4) is 0 Å². The molecule has 3 aliphatic rings. The maximum absolute atomic E-state index is 12.7. The zero-order valence-electron chi connectivity index (χ0n) is 18.0. The third kappa shape index (κ3) is 4.86. The fourth-order valence-corrected chi connectivity index (χ4v) is 4.76. The molecule has 6 heteroatoms. The molecule has 0 spiro atoms. The molecular weight excluding hydrogens is 392 g/mol. The third-order valence-electron chi connectivity index (χ3n) is 6.42. The molecule has 2 bridgehead atoms. The summed E-state index contributed by atoms with van der Waals surface area (Å²) in [5, 5.41) is 3.20. The average molecular weight is 423 g/mol. The molecule has 0 saturated carbocycles. The van der Waals surface area contributed by atoms with Crippen LogP contribution in [0.1, 0.15) is 34.3 Å². The van der Waals surface area contributed by atoms with Gasteiger partial charge in [-0.3, -0.25) is 4.79 Å². The second-order valence-corrected chi connectivity index (χ2v) is 9.03. The van der Waals surface area contributed by atoms with E-state index in [1.807, 2.05) is 12.1 Å². The van der Waals surface area contributed by atoms with Crippen molar-refractivity contribution in [1.29, 1.82) is 0 Å². The Hall–Kier alpha value is -2.57. The minimum atomic E-state index is -0.163. The first-order valence-electron chi connectivity index (χ1n) is 11.2. The summed E-state index contributed by atoms with van der Waals surface area (Å²) in [7, 11) is 0. The molecule has 0 radical (unpaired) electrons. The summed E-state index contributed by atoms with van der Waals surface area (Å²) in [6, 6.07) is 14.0. The van der Waals surface area contributed by atoms with Crippen molar-refractivity contribution in [2.75, 3.05) is 32.8 Å². The molecule has 3 aliphatic heterocycles. The van der Waals surface area contributed by atoms with Crippen LogP contribution in [-0.2, 0) is 11.3 Å². The topological polar surface area (TPSA) is 60.0 Å². The van der Waals surface area contributed by atoms with Crippen molar-refractivity contribution < 1.29 is 19.0 Å². The van der Waals surface area contributed by atoms with E-state index in [9.17, 15) is 4.79 Å². The number of hydrogen-bond donors (Lipinski definition) is 1. The smallest absolute Gasteiger partial charge is 0.251 e. The third-order valence-corrected chi connectivity index (χ3v) is 6.42. The Morgan fingerprint density at radius 3 is 2.87 bits per heavy atom. The van der Waals surface area contributed by atoms with Crippen LogP contribution in [0.5, 0.6) is 11.5 Å². The summed E-state index contributed by atoms with van der Waals surface area (Å²) in [6.45, 7) is 6.79. The molecule has 2 aromatic rings. The van der Waals surface area contributed by atoms with E-state index in [0.29, 0.717) is 36.9 Å². The highest BCUT2D eigenvalue weighted by Gasteiger charge is 2.33. The monoisotopic (exact) mass is 422 g/mol. The molecule has 3 heterocycles. The van der Waals surface area contributed by atoms with Crippen LogP contribution in [-0.4, -0.2) is 55.8 Å². The molecule has 2 saturated heterocycles. The molecule has 31 heavy (non-hydrogen) atoms. The molecule has 6 nitrogen and oxygen atoms in total. The van der Waals surface area contributed by atoms with E-state index in [1.165, 1.54) is 18.5 Å². The Morgan fingerprint density at radius 2 is 2.03 bits per heavy atom. The van der Waals surface area contributed by atoms with E-state index in [-0.39, 0.29) is 18.1 Å². The van der Waals surface area contributed by atoms with E-state index in [0.717, 1.165) is 31.0 Å². The van der Waals surface area contributed by atoms with Gasteiger partial charge in [-0.05, 0) is 56.0 Å². The fraction of sp³-hybridized carbons (Fsp3) is 0.480. The zero-order chi connectivity index (χ0) is 21.2. The molecule has 1 unspecified atom stereocenters. The van der Waals surface area contributed by atoms with Crippen molar-refractivity contribution in [3.8, 4) is 11.5 Å². The van der Waals surface area contributed by atoms with Crippen molar-refractivity contribution in [1.82, 2.24) is 10.2 Å². The molecule has 5 rings (SSSR count). The van der Waals surface area contributed by atoms with Gasteiger partial charge in [-0.25, -0.2) is 0 Å². The highest BCUT2D eigenvalue weighted by atomic mass is 16.6. The SMILES string of the molecule is Cc1ccc(COC[C@@H]2COc3cc(C(=O)N[C@@H]4C[C@H]5CCN(C5)C4)ccc3O2)cc1. The van der Waals surface area contributed by atoms with Crippen LogP contribution in [0.15, 0.2) is 42.5 Å². The molecule has 2 aromatic carbocycles. The molecular formula is C25H30N2O4. The zero-order valence-corrected chi connectivity index (χ0v) is 18.0. The van der Waals surface area contributed by atoms with Crippen molar-refractivity contribution in [2.45, 2.75) is 38.5 Å². The number of nitrogens with zero attached hydrogens (tertiary/aromatic N) is 1. The van der Waals surface area contributed by atoms with E-state index in [4.69, 9.17) is 14.2 Å². The number of hydrogen-bond acceptors (Lipinski definition) is 5. The van der Waals surface area contributed by atoms with Gasteiger partial charge in [0.15, 0.2) is 17.6 Å². The van der Waals surface area contributed by atoms with E-state index >= 15 is 0 Å². The Kier molecular flexibility index (Phi) is 5.83. The number of rotatable bonds is 6. The van der Waals surface area contributed by atoms with Crippen molar-refractivity contribution in [2.24, 2.45) is 5.92 Å². The van der Waals surface area contributed by atoms with E-state index < -0.39 is 0 Å². The second kappa shape index (κ2) is 8.89. The normalized spacial score (nSPS) is 26.5. The van der Waals surface area contributed by atoms with Gasteiger partial charge in [-0.2, -0.15) is 0 Å². The average Bonchev–Trinajstić information content (AvgIpc) is 3.12. The van der Waals surface area contributed by atoms with Gasteiger partial charge in [0.25, 0.3) is 5.91 Å². The maximum Gasteiger partial charge on any atom is 0.251 e. The minimum Gasteiger partial charge on any atom is -0.486 e. The van der Waals surface area contributed by atoms with Crippen LogP contribution in [0.4, 0.5) is 0 Å². The lowest BCUT2D eigenvalue weighted by molar-refractivity contribution is 0.00268. The highest BCUT2D eigenvalue weighted by Crippen LogP contribution is 2.33. The van der Waals surface area contributed by atoms with Crippen LogP contribution in [0, 0.1) is 12.8 Å². The van der Waals surface area contributed by atoms with Crippen LogP contribution in [0.25, 0.3) is 0 Å². The molecule has 4 atom stereocenters. The lowest BCUT2D eigenvalue weighted by Gasteiger charge is -2.30. The summed E-state index contributed by atoms with van der Waals surface area (Å²) in [5.41, 5.74) is 2.99. The van der Waals surface area contributed by atoms with Crippen LogP contribution < -0.4 is 14.8 Å². The number of carbonyl (C=O) groups excluding carboxylic acids is 1. The van der Waals surface area contributed by atoms with Crippen LogP contribution >= 0.6 is 0 Å². The van der Waals surface area contributed by atoms with Gasteiger partial charge >= 0.3 is 0 Å². The number of carbonyl (C=O) groups is 1. The first kappa shape index (κ1) is 20.3. The Bertz CT molecular complexity index is 918. The lowest BCUT2D eigenvalue weighted by Crippen LogP contribution is -2.47. The summed E-state index contributed by atoms with van der Waals surface area (Å²) in [4.78, 5) is 15.2. The van der Waals surface area contributed by atoms with Gasteiger partial charge in [0.1, 0.15) is 6.61 Å². The standard InChI is InChI=1S/C25H30N2O4/c1-17-2-4-18(5-3-17)14-29-15-22-16-30-24-11-20(6-7-23(24)31-22)25(28)26-21-10-19-8-9-27(12-19)13-21/h2-7,11,19,21-22H,8-10,12-16H2,1H3,(H,26,28)/t19-,21-,22-/m1/s1. The van der Waals surface area contributed by atoms with Gasteiger partial charge in [0.05, 0.1) is 13.2 Å². The van der Waals surface area contributed by atoms with E-state index in [1.54, 1.807) is 6.07 Å². The Morgan fingerprint density at radius 1 is 1.16 bits per heavy atom. The number of nitrogens with one attached hydrogen (secondary N) is 1. The molecule has 0 aromatic heterocycles. The largest absolute Gasteiger partial charge is 0.486 e. The summed E-state index contributed by atoms with van der Waals surface area (Å²) in [5.74, 6) is 1.97. The van der Waals surface area contributed by atoms with Crippen molar-refractivity contribution >= 4 is 5.91 Å². The number of piperidine rings is 1. The van der Waals surface area contributed by atoms with Gasteiger partial charge in [0.2, 0.25) is 0 Å². The van der Waals surface area contributed by atoms with Crippen molar-refractivity contribution in [3.05, 3.63) is 59.2 Å². The Labute approximate surface area is 183 Å².